The number of hydrogen-bond acceptors (Lipinski definition) is 9. The number of amides is 1. The van der Waals surface area contributed by atoms with E-state index in [-0.39, 0.29) is 23.3 Å². The van der Waals surface area contributed by atoms with E-state index in [2.05, 4.69) is 30.5 Å². The Bertz CT molecular complexity index is 1400. The lowest BCUT2D eigenvalue weighted by Crippen LogP contribution is -2.47. The van der Waals surface area contributed by atoms with Gasteiger partial charge in [0, 0.05) is 43.3 Å². The molecule has 2 N–H and O–H groups in total. The van der Waals surface area contributed by atoms with Gasteiger partial charge in [0.2, 0.25) is 5.95 Å². The Morgan fingerprint density at radius 2 is 1.64 bits per heavy atom. The Balaban J connectivity index is 1.32. The van der Waals surface area contributed by atoms with Crippen LogP contribution in [0.5, 0.6) is 12.0 Å². The predicted molar refractivity (Wildman–Crippen MR) is 128 cm³/mol. The second kappa shape index (κ2) is 9.60. The zero-order valence-electron chi connectivity index (χ0n) is 19.5. The van der Waals surface area contributed by atoms with Crippen molar-refractivity contribution >= 4 is 34.1 Å². The predicted octanol–water partition coefficient (Wildman–Crippen LogP) is 2.62. The van der Waals surface area contributed by atoms with Crippen molar-refractivity contribution in [2.75, 3.05) is 55.5 Å². The number of piperazine rings is 1. The molecule has 11 nitrogen and oxygen atoms in total. The van der Waals surface area contributed by atoms with E-state index >= 15 is 0 Å². The van der Waals surface area contributed by atoms with Crippen molar-refractivity contribution < 1.29 is 23.0 Å². The van der Waals surface area contributed by atoms with Gasteiger partial charge < -0.3 is 24.6 Å². The van der Waals surface area contributed by atoms with Gasteiger partial charge in [0.15, 0.2) is 0 Å². The van der Waals surface area contributed by atoms with Crippen LogP contribution in [0, 0.1) is 11.6 Å². The number of aromatic nitrogens is 5. The number of methoxy groups -OCH3 is 2. The first-order chi connectivity index (χ1) is 17.4. The van der Waals surface area contributed by atoms with Crippen LogP contribution in [0.4, 0.5) is 26.1 Å². The minimum atomic E-state index is -0.943. The number of benzene rings is 2. The van der Waals surface area contributed by atoms with Gasteiger partial charge in [0.05, 0.1) is 37.2 Å². The van der Waals surface area contributed by atoms with Crippen molar-refractivity contribution in [3.8, 4) is 12.0 Å². The first-order valence-electron chi connectivity index (χ1n) is 11.0. The fraction of sp³-hybridized carbons (Fsp3) is 0.261. The van der Waals surface area contributed by atoms with Crippen LogP contribution in [0.3, 0.4) is 0 Å². The Kier molecular flexibility index (Phi) is 6.19. The molecule has 1 amide bonds. The first kappa shape index (κ1) is 23.2. The molecule has 0 atom stereocenters. The van der Waals surface area contributed by atoms with Crippen LogP contribution in [0.1, 0.15) is 10.4 Å². The van der Waals surface area contributed by atoms with Crippen molar-refractivity contribution in [3.05, 3.63) is 53.7 Å². The summed E-state index contributed by atoms with van der Waals surface area (Å²) in [6, 6.07) is 7.34. The van der Waals surface area contributed by atoms with Gasteiger partial charge in [-0.15, -0.1) is 4.98 Å². The molecule has 0 bridgehead atoms. The minimum Gasteiger partial charge on any atom is -0.467 e. The minimum absolute atomic E-state index is 0.117. The number of aromatic amines is 1. The highest BCUT2D eigenvalue weighted by Gasteiger charge is 2.25. The summed E-state index contributed by atoms with van der Waals surface area (Å²) >= 11 is 0. The van der Waals surface area contributed by atoms with Crippen LogP contribution in [-0.2, 0) is 0 Å². The molecular formula is C23H22F2N8O3. The van der Waals surface area contributed by atoms with E-state index in [9.17, 15) is 13.6 Å². The summed E-state index contributed by atoms with van der Waals surface area (Å²) in [5, 5.41) is 10.2. The Morgan fingerprint density at radius 1 is 0.944 bits per heavy atom. The molecule has 2 aromatic carbocycles. The van der Waals surface area contributed by atoms with Gasteiger partial charge in [-0.05, 0) is 24.3 Å². The topological polar surface area (TPSA) is 121 Å². The third-order valence-corrected chi connectivity index (χ3v) is 5.83. The van der Waals surface area contributed by atoms with E-state index in [1.807, 2.05) is 4.90 Å². The van der Waals surface area contributed by atoms with Crippen LogP contribution in [-0.4, -0.2) is 71.5 Å². The fourth-order valence-electron chi connectivity index (χ4n) is 3.97. The number of hydrogen-bond donors (Lipinski definition) is 2. The van der Waals surface area contributed by atoms with Gasteiger partial charge >= 0.3 is 12.0 Å². The quantitative estimate of drug-likeness (QED) is 0.415. The number of fused-ring (bicyclic) bond motifs is 1. The van der Waals surface area contributed by atoms with Gasteiger partial charge in [-0.2, -0.15) is 15.1 Å². The molecule has 186 valence electrons. The molecule has 4 aromatic rings. The molecule has 13 heteroatoms. The molecule has 0 radical (unpaired) electrons. The Hall–Kier alpha value is -4.55. The van der Waals surface area contributed by atoms with Gasteiger partial charge in [-0.25, -0.2) is 8.78 Å². The maximum absolute atomic E-state index is 14.8. The molecule has 3 heterocycles. The molecule has 1 aliphatic rings. The van der Waals surface area contributed by atoms with Crippen molar-refractivity contribution in [3.63, 3.8) is 0 Å². The molecule has 0 spiro atoms. The van der Waals surface area contributed by atoms with Gasteiger partial charge in [-0.3, -0.25) is 9.89 Å². The average molecular weight is 496 g/mol. The van der Waals surface area contributed by atoms with Crippen molar-refractivity contribution in [1.29, 1.82) is 0 Å². The summed E-state index contributed by atoms with van der Waals surface area (Å²) in [6.45, 7) is 1.66. The van der Waals surface area contributed by atoms with Gasteiger partial charge in [0.25, 0.3) is 5.91 Å². The molecule has 36 heavy (non-hydrogen) atoms. The highest BCUT2D eigenvalue weighted by atomic mass is 19.1. The summed E-state index contributed by atoms with van der Waals surface area (Å²) in [5.41, 5.74) is 1.15. The molecule has 0 aliphatic carbocycles. The summed E-state index contributed by atoms with van der Waals surface area (Å²) in [7, 11) is 2.88. The Morgan fingerprint density at radius 3 is 2.33 bits per heavy atom. The van der Waals surface area contributed by atoms with Crippen molar-refractivity contribution in [2.24, 2.45) is 0 Å². The van der Waals surface area contributed by atoms with Crippen molar-refractivity contribution in [1.82, 2.24) is 25.1 Å². The lowest BCUT2D eigenvalue weighted by Gasteiger charge is -2.36. The zero-order valence-corrected chi connectivity index (χ0v) is 19.5. The third-order valence-electron chi connectivity index (χ3n) is 5.83. The number of carbonyl (C=O) groups excluding carboxylic acids is 1. The zero-order chi connectivity index (χ0) is 25.2. The number of ether oxygens (including phenoxy) is 2. The number of nitrogens with one attached hydrogen (secondary N) is 2. The van der Waals surface area contributed by atoms with E-state index in [1.54, 1.807) is 29.3 Å². The summed E-state index contributed by atoms with van der Waals surface area (Å²) in [6.07, 6.45) is 1.62. The lowest BCUT2D eigenvalue weighted by molar-refractivity contribution is 0.102. The SMILES string of the molecule is COc1nc(OC)nc(N2CCN(c3cc(C(=O)Nc4ccc5[nH]ncc5c4)c(F)cc3F)CC2)n1. The number of halogens is 2. The maximum Gasteiger partial charge on any atom is 0.324 e. The number of anilines is 3. The number of nitrogens with zero attached hydrogens (tertiary/aromatic N) is 6. The average Bonchev–Trinajstić information content (AvgIpc) is 3.36. The lowest BCUT2D eigenvalue weighted by atomic mass is 10.1. The third kappa shape index (κ3) is 4.54. The summed E-state index contributed by atoms with van der Waals surface area (Å²) in [5.74, 6) is -2.01. The van der Waals surface area contributed by atoms with Gasteiger partial charge in [-0.1, -0.05) is 0 Å². The van der Waals surface area contributed by atoms with Crippen LogP contribution in [0.25, 0.3) is 10.9 Å². The van der Waals surface area contributed by atoms with E-state index in [1.165, 1.54) is 20.3 Å². The standard InChI is InChI=1S/C23H22F2N8O3/c1-35-22-28-21(29-23(30-22)36-2)33-7-5-32(6-8-33)19-10-15(16(24)11-17(19)25)20(34)27-14-3-4-18-13(9-14)12-26-31-18/h3-4,9-12H,5-8H2,1-2H3,(H,26,31)(H,27,34). The largest absolute Gasteiger partial charge is 0.467 e. The van der Waals surface area contributed by atoms with Crippen LogP contribution in [0.15, 0.2) is 36.5 Å². The van der Waals surface area contributed by atoms with Gasteiger partial charge in [0.1, 0.15) is 11.6 Å². The number of rotatable bonds is 6. The monoisotopic (exact) mass is 496 g/mol. The van der Waals surface area contributed by atoms with E-state index in [0.717, 1.165) is 17.0 Å². The first-order valence-corrected chi connectivity index (χ1v) is 11.0. The highest BCUT2D eigenvalue weighted by molar-refractivity contribution is 6.05. The molecule has 0 unspecified atom stereocenters. The van der Waals surface area contributed by atoms with E-state index in [4.69, 9.17) is 9.47 Å². The van der Waals surface area contributed by atoms with Crippen molar-refractivity contribution in [2.45, 2.75) is 0 Å². The highest BCUT2D eigenvalue weighted by Crippen LogP contribution is 2.27. The number of H-pyrrole nitrogens is 1. The van der Waals surface area contributed by atoms with Crippen LogP contribution >= 0.6 is 0 Å². The molecule has 0 saturated carbocycles. The molecule has 2 aromatic heterocycles. The van der Waals surface area contributed by atoms with E-state index < -0.39 is 17.5 Å². The van der Waals surface area contributed by atoms with Crippen LogP contribution in [0.2, 0.25) is 0 Å². The molecule has 1 saturated heterocycles. The number of carbonyl (C=O) groups is 1. The normalized spacial score (nSPS) is 13.7. The molecular weight excluding hydrogens is 474 g/mol. The summed E-state index contributed by atoms with van der Waals surface area (Å²) in [4.78, 5) is 28.9. The smallest absolute Gasteiger partial charge is 0.324 e. The fourth-order valence-corrected chi connectivity index (χ4v) is 3.97. The Labute approximate surface area is 204 Å². The maximum atomic E-state index is 14.8. The molecule has 1 aliphatic heterocycles. The van der Waals surface area contributed by atoms with E-state index in [0.29, 0.717) is 37.8 Å². The summed E-state index contributed by atoms with van der Waals surface area (Å²) < 4.78 is 39.5. The second-order valence-electron chi connectivity index (χ2n) is 7.99. The molecule has 5 rings (SSSR count). The molecule has 1 fully saturated rings. The second-order valence-corrected chi connectivity index (χ2v) is 7.99. The van der Waals surface area contributed by atoms with Crippen LogP contribution < -0.4 is 24.6 Å².